The molecule has 0 aliphatic carbocycles. The summed E-state index contributed by atoms with van der Waals surface area (Å²) in [7, 11) is 0. The number of piperidine rings is 1. The van der Waals surface area contributed by atoms with E-state index in [0.717, 1.165) is 13.1 Å². The van der Waals surface area contributed by atoms with Crippen molar-refractivity contribution in [1.82, 2.24) is 10.6 Å². The van der Waals surface area contributed by atoms with Crippen LogP contribution in [-0.4, -0.2) is 19.1 Å². The molecule has 1 atom stereocenters. The average Bonchev–Trinajstić information content (AvgIpc) is 2.35. The Labute approximate surface area is 105 Å². The highest BCUT2D eigenvalue weighted by Crippen LogP contribution is 2.11. The summed E-state index contributed by atoms with van der Waals surface area (Å²) in [5.74, 6) is 0. The average molecular weight is 232 g/mol. The predicted octanol–water partition coefficient (Wildman–Crippen LogP) is 2.54. The van der Waals surface area contributed by atoms with Crippen LogP contribution in [0, 0.1) is 13.8 Å². The maximum absolute atomic E-state index is 3.58. The Bertz CT molecular complexity index is 354. The minimum atomic E-state index is 0.675. The van der Waals surface area contributed by atoms with E-state index in [2.05, 4.69) is 42.7 Å². The van der Waals surface area contributed by atoms with Crippen LogP contribution in [0.5, 0.6) is 0 Å². The minimum Gasteiger partial charge on any atom is -0.313 e. The lowest BCUT2D eigenvalue weighted by molar-refractivity contribution is 0.383. The summed E-state index contributed by atoms with van der Waals surface area (Å²) in [6.07, 6.45) is 4.04. The van der Waals surface area contributed by atoms with Gasteiger partial charge in [-0.05, 0) is 44.4 Å². The Balaban J connectivity index is 1.79. The zero-order valence-corrected chi connectivity index (χ0v) is 11.1. The molecule has 1 aromatic carbocycles. The molecule has 0 spiro atoms. The predicted molar refractivity (Wildman–Crippen MR) is 73.3 cm³/mol. The van der Waals surface area contributed by atoms with Crippen molar-refractivity contribution >= 4 is 0 Å². The van der Waals surface area contributed by atoms with Crippen molar-refractivity contribution in [3.05, 3.63) is 34.9 Å². The molecule has 1 fully saturated rings. The van der Waals surface area contributed by atoms with Gasteiger partial charge in [-0.3, -0.25) is 0 Å². The van der Waals surface area contributed by atoms with Gasteiger partial charge in [0.05, 0.1) is 0 Å². The molecule has 2 nitrogen and oxygen atoms in total. The van der Waals surface area contributed by atoms with E-state index in [1.54, 1.807) is 0 Å². The molecule has 1 saturated heterocycles. The molecule has 0 aromatic heterocycles. The van der Waals surface area contributed by atoms with Crippen LogP contribution in [0.15, 0.2) is 18.2 Å². The van der Waals surface area contributed by atoms with E-state index >= 15 is 0 Å². The highest BCUT2D eigenvalue weighted by molar-refractivity contribution is 5.30. The molecular formula is C15H24N2. The van der Waals surface area contributed by atoms with Crippen molar-refractivity contribution in [3.8, 4) is 0 Å². The quantitative estimate of drug-likeness (QED) is 0.833. The van der Waals surface area contributed by atoms with E-state index in [-0.39, 0.29) is 0 Å². The SMILES string of the molecule is Cc1ccc(C)c(CNCC2CCCCN2)c1. The van der Waals surface area contributed by atoms with Crippen molar-refractivity contribution in [2.24, 2.45) is 0 Å². The highest BCUT2D eigenvalue weighted by atomic mass is 15.0. The highest BCUT2D eigenvalue weighted by Gasteiger charge is 2.11. The third kappa shape index (κ3) is 3.83. The summed E-state index contributed by atoms with van der Waals surface area (Å²) in [6, 6.07) is 7.36. The van der Waals surface area contributed by atoms with Crippen LogP contribution in [0.1, 0.15) is 36.0 Å². The first-order valence-corrected chi connectivity index (χ1v) is 6.76. The molecule has 2 N–H and O–H groups in total. The molecule has 0 bridgehead atoms. The lowest BCUT2D eigenvalue weighted by Gasteiger charge is -2.23. The van der Waals surface area contributed by atoms with Crippen LogP contribution in [0.3, 0.4) is 0 Å². The number of hydrogen-bond donors (Lipinski definition) is 2. The van der Waals surface area contributed by atoms with Gasteiger partial charge < -0.3 is 10.6 Å². The molecule has 1 unspecified atom stereocenters. The van der Waals surface area contributed by atoms with Crippen LogP contribution < -0.4 is 10.6 Å². The first kappa shape index (κ1) is 12.6. The van der Waals surface area contributed by atoms with Gasteiger partial charge in [0.1, 0.15) is 0 Å². The Morgan fingerprint density at radius 1 is 1.29 bits per heavy atom. The van der Waals surface area contributed by atoms with Crippen molar-refractivity contribution in [2.45, 2.75) is 45.7 Å². The first-order chi connectivity index (χ1) is 8.25. The Hall–Kier alpha value is -0.860. The van der Waals surface area contributed by atoms with Crippen LogP contribution in [-0.2, 0) is 6.54 Å². The maximum Gasteiger partial charge on any atom is 0.0208 e. The van der Waals surface area contributed by atoms with Crippen molar-refractivity contribution < 1.29 is 0 Å². The van der Waals surface area contributed by atoms with E-state index in [0.29, 0.717) is 6.04 Å². The molecule has 0 radical (unpaired) electrons. The van der Waals surface area contributed by atoms with Gasteiger partial charge in [0, 0.05) is 19.1 Å². The van der Waals surface area contributed by atoms with Gasteiger partial charge in [0.2, 0.25) is 0 Å². The maximum atomic E-state index is 3.58. The number of rotatable bonds is 4. The Morgan fingerprint density at radius 2 is 2.18 bits per heavy atom. The van der Waals surface area contributed by atoms with Crippen LogP contribution in [0.25, 0.3) is 0 Å². The van der Waals surface area contributed by atoms with E-state index in [1.165, 1.54) is 42.5 Å². The minimum absolute atomic E-state index is 0.675. The monoisotopic (exact) mass is 232 g/mol. The molecule has 1 aliphatic rings. The van der Waals surface area contributed by atoms with Crippen molar-refractivity contribution in [1.29, 1.82) is 0 Å². The van der Waals surface area contributed by atoms with Crippen LogP contribution >= 0.6 is 0 Å². The van der Waals surface area contributed by atoms with Crippen LogP contribution in [0.2, 0.25) is 0 Å². The lowest BCUT2D eigenvalue weighted by Crippen LogP contribution is -2.41. The zero-order valence-electron chi connectivity index (χ0n) is 11.1. The van der Waals surface area contributed by atoms with Crippen molar-refractivity contribution in [3.63, 3.8) is 0 Å². The molecule has 0 amide bonds. The van der Waals surface area contributed by atoms with Gasteiger partial charge in [-0.15, -0.1) is 0 Å². The second-order valence-electron chi connectivity index (χ2n) is 5.21. The second kappa shape index (κ2) is 6.18. The fourth-order valence-corrected chi connectivity index (χ4v) is 2.47. The summed E-state index contributed by atoms with van der Waals surface area (Å²) < 4.78 is 0. The summed E-state index contributed by atoms with van der Waals surface area (Å²) in [4.78, 5) is 0. The van der Waals surface area contributed by atoms with Gasteiger partial charge in [0.15, 0.2) is 0 Å². The molecule has 1 aliphatic heterocycles. The number of hydrogen-bond acceptors (Lipinski definition) is 2. The standard InChI is InChI=1S/C15H24N2/c1-12-6-7-13(2)14(9-12)10-16-11-15-5-3-4-8-17-15/h6-7,9,15-17H,3-5,8,10-11H2,1-2H3. The van der Waals surface area contributed by atoms with Crippen LogP contribution in [0.4, 0.5) is 0 Å². The molecule has 0 saturated carbocycles. The molecule has 1 heterocycles. The topological polar surface area (TPSA) is 24.1 Å². The smallest absolute Gasteiger partial charge is 0.0208 e. The fraction of sp³-hybridized carbons (Fsp3) is 0.600. The van der Waals surface area contributed by atoms with Gasteiger partial charge in [-0.1, -0.05) is 30.2 Å². The van der Waals surface area contributed by atoms with Gasteiger partial charge in [0.25, 0.3) is 0 Å². The van der Waals surface area contributed by atoms with E-state index in [9.17, 15) is 0 Å². The zero-order chi connectivity index (χ0) is 12.1. The second-order valence-corrected chi connectivity index (χ2v) is 5.21. The third-order valence-electron chi connectivity index (χ3n) is 3.62. The molecule has 94 valence electrons. The summed E-state index contributed by atoms with van der Waals surface area (Å²) >= 11 is 0. The van der Waals surface area contributed by atoms with Crippen molar-refractivity contribution in [2.75, 3.05) is 13.1 Å². The van der Waals surface area contributed by atoms with E-state index in [4.69, 9.17) is 0 Å². The molecule has 17 heavy (non-hydrogen) atoms. The Morgan fingerprint density at radius 3 is 2.94 bits per heavy atom. The largest absolute Gasteiger partial charge is 0.313 e. The summed E-state index contributed by atoms with van der Waals surface area (Å²) in [6.45, 7) is 7.62. The van der Waals surface area contributed by atoms with E-state index < -0.39 is 0 Å². The summed E-state index contributed by atoms with van der Waals surface area (Å²) in [5, 5.41) is 7.15. The first-order valence-electron chi connectivity index (χ1n) is 6.76. The Kier molecular flexibility index (Phi) is 4.57. The molecular weight excluding hydrogens is 208 g/mol. The third-order valence-corrected chi connectivity index (χ3v) is 3.62. The van der Waals surface area contributed by atoms with Gasteiger partial charge in [-0.2, -0.15) is 0 Å². The number of aryl methyl sites for hydroxylation is 2. The van der Waals surface area contributed by atoms with Gasteiger partial charge >= 0.3 is 0 Å². The molecule has 1 aromatic rings. The van der Waals surface area contributed by atoms with Gasteiger partial charge in [-0.25, -0.2) is 0 Å². The van der Waals surface area contributed by atoms with E-state index in [1.807, 2.05) is 0 Å². The molecule has 2 heteroatoms. The number of nitrogens with one attached hydrogen (secondary N) is 2. The molecule has 2 rings (SSSR count). The number of benzene rings is 1. The normalized spacial score (nSPS) is 20.5. The summed E-state index contributed by atoms with van der Waals surface area (Å²) in [5.41, 5.74) is 4.17. The lowest BCUT2D eigenvalue weighted by atomic mass is 10.0. The fourth-order valence-electron chi connectivity index (χ4n) is 2.47.